The van der Waals surface area contributed by atoms with Crippen LogP contribution in [0.15, 0.2) is 0 Å². The lowest BCUT2D eigenvalue weighted by Gasteiger charge is -2.31. The molecular formula is C10H21NO. The summed E-state index contributed by atoms with van der Waals surface area (Å²) in [5.41, 5.74) is 0.0367. The molecule has 1 atom stereocenters. The topological polar surface area (TPSA) is 21.3 Å². The summed E-state index contributed by atoms with van der Waals surface area (Å²) in [6, 6.07) is 0.675. The molecule has 0 spiro atoms. The summed E-state index contributed by atoms with van der Waals surface area (Å²) in [5.74, 6) is 0. The van der Waals surface area contributed by atoms with Crippen molar-refractivity contribution in [1.29, 1.82) is 0 Å². The highest BCUT2D eigenvalue weighted by Gasteiger charge is 2.23. The van der Waals surface area contributed by atoms with Crippen molar-refractivity contribution < 1.29 is 4.74 Å². The number of nitrogens with one attached hydrogen (secondary N) is 1. The van der Waals surface area contributed by atoms with Crippen molar-refractivity contribution in [2.45, 2.75) is 51.2 Å². The molecule has 2 heteroatoms. The molecule has 0 aliphatic carbocycles. The van der Waals surface area contributed by atoms with Crippen LogP contribution in [0.25, 0.3) is 0 Å². The standard InChI is InChI=1S/C10H21NO/c1-10(2,12-3)8-9-6-4-5-7-11-9/h9,11H,4-8H2,1-3H3. The minimum absolute atomic E-state index is 0.0367. The first-order valence-electron chi connectivity index (χ1n) is 4.92. The predicted octanol–water partition coefficient (Wildman–Crippen LogP) is 1.94. The monoisotopic (exact) mass is 171 g/mol. The zero-order valence-corrected chi connectivity index (χ0v) is 8.52. The van der Waals surface area contributed by atoms with E-state index in [-0.39, 0.29) is 5.60 Å². The summed E-state index contributed by atoms with van der Waals surface area (Å²) in [4.78, 5) is 0. The van der Waals surface area contributed by atoms with Crippen LogP contribution in [0.5, 0.6) is 0 Å². The maximum atomic E-state index is 5.40. The van der Waals surface area contributed by atoms with Gasteiger partial charge in [-0.2, -0.15) is 0 Å². The van der Waals surface area contributed by atoms with Gasteiger partial charge in [0.1, 0.15) is 0 Å². The molecule has 0 aromatic carbocycles. The van der Waals surface area contributed by atoms with Crippen molar-refractivity contribution in [3.05, 3.63) is 0 Å². The molecule has 1 N–H and O–H groups in total. The van der Waals surface area contributed by atoms with E-state index >= 15 is 0 Å². The third kappa shape index (κ3) is 3.11. The zero-order valence-electron chi connectivity index (χ0n) is 8.52. The van der Waals surface area contributed by atoms with Crippen molar-refractivity contribution in [3.63, 3.8) is 0 Å². The second kappa shape index (κ2) is 4.24. The van der Waals surface area contributed by atoms with Crippen molar-refractivity contribution in [3.8, 4) is 0 Å². The molecule has 0 aromatic rings. The molecule has 0 radical (unpaired) electrons. The molecule has 0 saturated carbocycles. The van der Waals surface area contributed by atoms with Crippen LogP contribution < -0.4 is 5.32 Å². The zero-order chi connectivity index (χ0) is 9.03. The molecule has 0 bridgehead atoms. The van der Waals surface area contributed by atoms with Gasteiger partial charge in [-0.05, 0) is 39.7 Å². The highest BCUT2D eigenvalue weighted by atomic mass is 16.5. The Morgan fingerprint density at radius 3 is 2.67 bits per heavy atom. The quantitative estimate of drug-likeness (QED) is 0.700. The van der Waals surface area contributed by atoms with Crippen molar-refractivity contribution >= 4 is 0 Å². The van der Waals surface area contributed by atoms with E-state index in [1.807, 2.05) is 0 Å². The molecule has 12 heavy (non-hydrogen) atoms. The first-order chi connectivity index (χ1) is 5.64. The smallest absolute Gasteiger partial charge is 0.0637 e. The first kappa shape index (κ1) is 10.0. The fraction of sp³-hybridized carbons (Fsp3) is 1.00. The minimum atomic E-state index is 0.0367. The average Bonchev–Trinajstić information content (AvgIpc) is 2.06. The van der Waals surface area contributed by atoms with Gasteiger partial charge >= 0.3 is 0 Å². The van der Waals surface area contributed by atoms with Crippen LogP contribution >= 0.6 is 0 Å². The van der Waals surface area contributed by atoms with E-state index in [4.69, 9.17) is 4.74 Å². The summed E-state index contributed by atoms with van der Waals surface area (Å²) in [5, 5.41) is 3.53. The number of rotatable bonds is 3. The summed E-state index contributed by atoms with van der Waals surface area (Å²) >= 11 is 0. The molecule has 1 aliphatic heterocycles. The van der Waals surface area contributed by atoms with Crippen molar-refractivity contribution in [2.75, 3.05) is 13.7 Å². The SMILES string of the molecule is COC(C)(C)CC1CCCCN1. The Hall–Kier alpha value is -0.0800. The molecule has 1 heterocycles. The van der Waals surface area contributed by atoms with Gasteiger partial charge in [-0.25, -0.2) is 0 Å². The normalized spacial score (nSPS) is 25.8. The predicted molar refractivity (Wildman–Crippen MR) is 51.3 cm³/mol. The van der Waals surface area contributed by atoms with E-state index in [1.54, 1.807) is 7.11 Å². The van der Waals surface area contributed by atoms with E-state index in [1.165, 1.54) is 25.8 Å². The molecule has 1 unspecified atom stereocenters. The molecule has 72 valence electrons. The second-order valence-electron chi connectivity index (χ2n) is 4.31. The molecule has 1 saturated heterocycles. The second-order valence-corrected chi connectivity index (χ2v) is 4.31. The van der Waals surface area contributed by atoms with Crippen LogP contribution in [-0.4, -0.2) is 25.3 Å². The number of piperidine rings is 1. The Morgan fingerprint density at radius 1 is 1.42 bits per heavy atom. The molecule has 1 aliphatic rings. The van der Waals surface area contributed by atoms with Gasteiger partial charge in [0, 0.05) is 13.2 Å². The first-order valence-corrected chi connectivity index (χ1v) is 4.92. The Bertz CT molecular complexity index is 128. The maximum Gasteiger partial charge on any atom is 0.0637 e. The fourth-order valence-corrected chi connectivity index (χ4v) is 1.77. The maximum absolute atomic E-state index is 5.40. The van der Waals surface area contributed by atoms with Gasteiger partial charge in [-0.15, -0.1) is 0 Å². The third-order valence-electron chi connectivity index (χ3n) is 2.70. The van der Waals surface area contributed by atoms with Crippen LogP contribution in [0, 0.1) is 0 Å². The van der Waals surface area contributed by atoms with Crippen LogP contribution in [0.4, 0.5) is 0 Å². The van der Waals surface area contributed by atoms with Crippen molar-refractivity contribution in [2.24, 2.45) is 0 Å². The molecule has 2 nitrogen and oxygen atoms in total. The van der Waals surface area contributed by atoms with Crippen LogP contribution in [0.2, 0.25) is 0 Å². The van der Waals surface area contributed by atoms with Gasteiger partial charge in [0.15, 0.2) is 0 Å². The van der Waals surface area contributed by atoms with Gasteiger partial charge in [0.2, 0.25) is 0 Å². The Kier molecular flexibility index (Phi) is 3.53. The fourth-order valence-electron chi connectivity index (χ4n) is 1.77. The van der Waals surface area contributed by atoms with Crippen LogP contribution in [-0.2, 0) is 4.74 Å². The van der Waals surface area contributed by atoms with Crippen LogP contribution in [0.3, 0.4) is 0 Å². The van der Waals surface area contributed by atoms with Gasteiger partial charge in [0.25, 0.3) is 0 Å². The summed E-state index contributed by atoms with van der Waals surface area (Å²) in [6.45, 7) is 5.50. The largest absolute Gasteiger partial charge is 0.379 e. The van der Waals surface area contributed by atoms with E-state index in [2.05, 4.69) is 19.2 Å². The van der Waals surface area contributed by atoms with Gasteiger partial charge < -0.3 is 10.1 Å². The lowest BCUT2D eigenvalue weighted by Crippen LogP contribution is -2.40. The van der Waals surface area contributed by atoms with Crippen molar-refractivity contribution in [1.82, 2.24) is 5.32 Å². The van der Waals surface area contributed by atoms with Gasteiger partial charge in [-0.1, -0.05) is 6.42 Å². The summed E-state index contributed by atoms with van der Waals surface area (Å²) in [6.07, 6.45) is 5.15. The molecule has 0 amide bonds. The van der Waals surface area contributed by atoms with Gasteiger partial charge in [0.05, 0.1) is 5.60 Å². The van der Waals surface area contributed by atoms with E-state index in [9.17, 15) is 0 Å². The molecule has 0 aromatic heterocycles. The van der Waals surface area contributed by atoms with E-state index < -0.39 is 0 Å². The minimum Gasteiger partial charge on any atom is -0.379 e. The number of methoxy groups -OCH3 is 1. The van der Waals surface area contributed by atoms with E-state index in [0.29, 0.717) is 6.04 Å². The summed E-state index contributed by atoms with van der Waals surface area (Å²) in [7, 11) is 1.79. The molecule has 1 rings (SSSR count). The molecular weight excluding hydrogens is 150 g/mol. The Balaban J connectivity index is 2.28. The number of hydrogen-bond donors (Lipinski definition) is 1. The average molecular weight is 171 g/mol. The number of ether oxygens (including phenoxy) is 1. The van der Waals surface area contributed by atoms with Gasteiger partial charge in [-0.3, -0.25) is 0 Å². The summed E-state index contributed by atoms with van der Waals surface area (Å²) < 4.78 is 5.40. The Labute approximate surface area is 75.7 Å². The van der Waals surface area contributed by atoms with E-state index in [0.717, 1.165) is 6.42 Å². The van der Waals surface area contributed by atoms with Crippen LogP contribution in [0.1, 0.15) is 39.5 Å². The lowest BCUT2D eigenvalue weighted by atomic mass is 9.93. The lowest BCUT2D eigenvalue weighted by molar-refractivity contribution is 0.00490. The Morgan fingerprint density at radius 2 is 2.17 bits per heavy atom. The highest BCUT2D eigenvalue weighted by molar-refractivity contribution is 4.80. The molecule has 1 fully saturated rings. The number of hydrogen-bond acceptors (Lipinski definition) is 2. The third-order valence-corrected chi connectivity index (χ3v) is 2.70. The highest BCUT2D eigenvalue weighted by Crippen LogP contribution is 2.20.